The van der Waals surface area contributed by atoms with E-state index in [0.717, 1.165) is 31.5 Å². The first-order valence-electron chi connectivity index (χ1n) is 8.24. The zero-order chi connectivity index (χ0) is 16.3. The Kier molecular flexibility index (Phi) is 5.06. The third kappa shape index (κ3) is 3.24. The largest absolute Gasteiger partial charge is 0.390 e. The molecule has 1 saturated carbocycles. The summed E-state index contributed by atoms with van der Waals surface area (Å²) in [7, 11) is 0. The number of rotatable bonds is 2. The van der Waals surface area contributed by atoms with E-state index < -0.39 is 5.60 Å². The van der Waals surface area contributed by atoms with Gasteiger partial charge in [0.15, 0.2) is 0 Å². The van der Waals surface area contributed by atoms with Gasteiger partial charge in [-0.25, -0.2) is 4.98 Å². The van der Waals surface area contributed by atoms with E-state index in [9.17, 15) is 9.90 Å². The molecule has 0 atom stereocenters. The molecular weight excluding hydrogens is 278 g/mol. The standard InChI is InChI=1S/C15H21N3O2.C2H6/c1-15(2,20)11-5-3-10(4-6-11)13-17-9-12-14(19)16-7-8-18(12)13;1-2/h7-11,20H,3-6H2,1-2H3,(H,16,19);1-2H3. The predicted molar refractivity (Wildman–Crippen MR) is 88.2 cm³/mol. The molecular formula is C17H27N3O2. The van der Waals surface area contributed by atoms with Crippen LogP contribution in [0.4, 0.5) is 0 Å². The van der Waals surface area contributed by atoms with E-state index in [4.69, 9.17) is 0 Å². The van der Waals surface area contributed by atoms with Gasteiger partial charge in [0, 0.05) is 18.3 Å². The van der Waals surface area contributed by atoms with Gasteiger partial charge in [0.05, 0.1) is 11.8 Å². The van der Waals surface area contributed by atoms with Crippen LogP contribution < -0.4 is 5.56 Å². The molecule has 0 spiro atoms. The average molecular weight is 305 g/mol. The van der Waals surface area contributed by atoms with Gasteiger partial charge < -0.3 is 10.1 Å². The van der Waals surface area contributed by atoms with E-state index in [1.807, 2.05) is 38.3 Å². The molecule has 5 nitrogen and oxygen atoms in total. The number of aromatic amines is 1. The molecule has 1 aliphatic carbocycles. The van der Waals surface area contributed by atoms with Crippen LogP contribution in [0.3, 0.4) is 0 Å². The highest BCUT2D eigenvalue weighted by Gasteiger charge is 2.33. The second kappa shape index (κ2) is 6.65. The summed E-state index contributed by atoms with van der Waals surface area (Å²) in [4.78, 5) is 18.8. The third-order valence-electron chi connectivity index (χ3n) is 4.59. The van der Waals surface area contributed by atoms with Gasteiger partial charge in [-0.15, -0.1) is 0 Å². The summed E-state index contributed by atoms with van der Waals surface area (Å²) in [5, 5.41) is 10.1. The van der Waals surface area contributed by atoms with E-state index in [0.29, 0.717) is 17.4 Å². The molecule has 2 aromatic rings. The van der Waals surface area contributed by atoms with Gasteiger partial charge in [-0.2, -0.15) is 0 Å². The Morgan fingerprint density at radius 3 is 2.50 bits per heavy atom. The lowest BCUT2D eigenvalue weighted by Crippen LogP contribution is -2.33. The maximum Gasteiger partial charge on any atom is 0.273 e. The first-order valence-corrected chi connectivity index (χ1v) is 8.24. The summed E-state index contributed by atoms with van der Waals surface area (Å²) in [6, 6.07) is 0. The van der Waals surface area contributed by atoms with Crippen LogP contribution in [0.15, 0.2) is 23.4 Å². The zero-order valence-corrected chi connectivity index (χ0v) is 14.0. The molecule has 22 heavy (non-hydrogen) atoms. The normalized spacial score (nSPS) is 22.2. The van der Waals surface area contributed by atoms with Gasteiger partial charge in [0.25, 0.3) is 5.56 Å². The molecule has 0 radical (unpaired) electrons. The quantitative estimate of drug-likeness (QED) is 0.895. The summed E-state index contributed by atoms with van der Waals surface area (Å²) in [6.45, 7) is 7.78. The summed E-state index contributed by atoms with van der Waals surface area (Å²) >= 11 is 0. The summed E-state index contributed by atoms with van der Waals surface area (Å²) in [5.74, 6) is 1.70. The Bertz CT molecular complexity index is 658. The first kappa shape index (κ1) is 16.7. The van der Waals surface area contributed by atoms with Gasteiger partial charge in [-0.3, -0.25) is 9.20 Å². The van der Waals surface area contributed by atoms with E-state index in [1.54, 1.807) is 12.4 Å². The fraction of sp³-hybridized carbons (Fsp3) is 0.647. The Hall–Kier alpha value is -1.62. The summed E-state index contributed by atoms with van der Waals surface area (Å²) in [5.41, 5.74) is -0.0971. The molecule has 2 N–H and O–H groups in total. The molecule has 0 bridgehead atoms. The highest BCUT2D eigenvalue weighted by molar-refractivity contribution is 5.43. The number of imidazole rings is 1. The Morgan fingerprint density at radius 2 is 1.91 bits per heavy atom. The van der Waals surface area contributed by atoms with E-state index >= 15 is 0 Å². The summed E-state index contributed by atoms with van der Waals surface area (Å²) < 4.78 is 1.90. The minimum Gasteiger partial charge on any atom is -0.390 e. The number of aliphatic hydroxyl groups is 1. The highest BCUT2D eigenvalue weighted by Crippen LogP contribution is 2.39. The van der Waals surface area contributed by atoms with Crippen LogP contribution in [0, 0.1) is 5.92 Å². The minimum atomic E-state index is -0.600. The van der Waals surface area contributed by atoms with Crippen molar-refractivity contribution in [1.29, 1.82) is 0 Å². The molecule has 2 heterocycles. The predicted octanol–water partition coefficient (Wildman–Crippen LogP) is 3.09. The van der Waals surface area contributed by atoms with Crippen molar-refractivity contribution in [3.8, 4) is 0 Å². The lowest BCUT2D eigenvalue weighted by molar-refractivity contribution is -0.00192. The highest BCUT2D eigenvalue weighted by atomic mass is 16.3. The fourth-order valence-electron chi connectivity index (χ4n) is 3.32. The second-order valence-electron chi connectivity index (χ2n) is 6.36. The second-order valence-corrected chi connectivity index (χ2v) is 6.36. The number of H-pyrrole nitrogens is 1. The van der Waals surface area contributed by atoms with E-state index in [1.165, 1.54) is 0 Å². The van der Waals surface area contributed by atoms with Crippen molar-refractivity contribution in [3.05, 3.63) is 34.8 Å². The van der Waals surface area contributed by atoms with E-state index in [2.05, 4.69) is 9.97 Å². The molecule has 0 amide bonds. The minimum absolute atomic E-state index is 0.101. The molecule has 0 aromatic carbocycles. The molecule has 2 aromatic heterocycles. The maximum absolute atomic E-state index is 11.7. The number of hydrogen-bond donors (Lipinski definition) is 2. The molecule has 122 valence electrons. The molecule has 0 unspecified atom stereocenters. The van der Waals surface area contributed by atoms with Crippen LogP contribution in [0.5, 0.6) is 0 Å². The number of fused-ring (bicyclic) bond motifs is 1. The molecule has 1 fully saturated rings. The maximum atomic E-state index is 11.7. The smallest absolute Gasteiger partial charge is 0.273 e. The van der Waals surface area contributed by atoms with Crippen molar-refractivity contribution < 1.29 is 5.11 Å². The van der Waals surface area contributed by atoms with Crippen molar-refractivity contribution in [2.75, 3.05) is 0 Å². The Labute approximate surface area is 131 Å². The molecule has 0 saturated heterocycles. The monoisotopic (exact) mass is 305 g/mol. The van der Waals surface area contributed by atoms with Gasteiger partial charge in [0.1, 0.15) is 11.3 Å². The average Bonchev–Trinajstić information content (AvgIpc) is 2.94. The van der Waals surface area contributed by atoms with Crippen molar-refractivity contribution >= 4 is 5.52 Å². The molecule has 0 aliphatic heterocycles. The van der Waals surface area contributed by atoms with Gasteiger partial charge >= 0.3 is 0 Å². The number of aromatic nitrogens is 3. The van der Waals surface area contributed by atoms with Crippen molar-refractivity contribution in [3.63, 3.8) is 0 Å². The van der Waals surface area contributed by atoms with Gasteiger partial charge in [0.2, 0.25) is 0 Å². The third-order valence-corrected chi connectivity index (χ3v) is 4.59. The van der Waals surface area contributed by atoms with Crippen LogP contribution in [0.1, 0.15) is 65.1 Å². The lowest BCUT2D eigenvalue weighted by Gasteiger charge is -2.35. The number of nitrogens with zero attached hydrogens (tertiary/aromatic N) is 2. The van der Waals surface area contributed by atoms with Crippen LogP contribution >= 0.6 is 0 Å². The van der Waals surface area contributed by atoms with Gasteiger partial charge in [-0.1, -0.05) is 13.8 Å². The molecule has 3 rings (SSSR count). The van der Waals surface area contributed by atoms with Crippen LogP contribution in [-0.2, 0) is 0 Å². The summed E-state index contributed by atoms with van der Waals surface area (Å²) in [6.07, 6.45) is 9.21. The SMILES string of the molecule is CC.CC(C)(O)C1CCC(c2ncc3c(=O)[nH]ccn23)CC1. The Balaban J connectivity index is 0.000000847. The van der Waals surface area contributed by atoms with Crippen molar-refractivity contribution in [2.45, 2.75) is 64.9 Å². The Morgan fingerprint density at radius 1 is 1.27 bits per heavy atom. The first-order chi connectivity index (χ1) is 10.5. The number of hydrogen-bond acceptors (Lipinski definition) is 3. The number of nitrogens with one attached hydrogen (secondary N) is 1. The van der Waals surface area contributed by atoms with Crippen LogP contribution in [0.2, 0.25) is 0 Å². The van der Waals surface area contributed by atoms with Crippen LogP contribution in [-0.4, -0.2) is 25.1 Å². The fourth-order valence-corrected chi connectivity index (χ4v) is 3.32. The molecule has 5 heteroatoms. The van der Waals surface area contributed by atoms with E-state index in [-0.39, 0.29) is 5.56 Å². The van der Waals surface area contributed by atoms with Crippen molar-refractivity contribution in [2.24, 2.45) is 5.92 Å². The zero-order valence-electron chi connectivity index (χ0n) is 14.0. The van der Waals surface area contributed by atoms with Crippen molar-refractivity contribution in [1.82, 2.24) is 14.4 Å². The lowest BCUT2D eigenvalue weighted by atomic mass is 9.74. The van der Waals surface area contributed by atoms with Gasteiger partial charge in [-0.05, 0) is 45.4 Å². The molecule has 1 aliphatic rings. The van der Waals surface area contributed by atoms with Crippen LogP contribution in [0.25, 0.3) is 5.52 Å². The topological polar surface area (TPSA) is 70.4 Å².